The number of fused-ring (bicyclic) bond motifs is 3. The van der Waals surface area contributed by atoms with Crippen LogP contribution in [0, 0.1) is 6.92 Å². The molecule has 1 aliphatic rings. The van der Waals surface area contributed by atoms with Crippen molar-refractivity contribution in [2.45, 2.75) is 19.8 Å². The number of imide groups is 1. The van der Waals surface area contributed by atoms with Crippen LogP contribution in [0.3, 0.4) is 0 Å². The Morgan fingerprint density at radius 1 is 0.969 bits per heavy atom. The van der Waals surface area contributed by atoms with Gasteiger partial charge in [0.1, 0.15) is 16.3 Å². The number of hydrogen-bond acceptors (Lipinski definition) is 7. The number of rotatable bonds is 5. The van der Waals surface area contributed by atoms with E-state index in [9.17, 15) is 9.59 Å². The fourth-order valence-corrected chi connectivity index (χ4v) is 4.99. The van der Waals surface area contributed by atoms with Crippen molar-refractivity contribution in [3.05, 3.63) is 70.5 Å². The lowest BCUT2D eigenvalue weighted by Gasteiger charge is -2.12. The van der Waals surface area contributed by atoms with Crippen molar-refractivity contribution >= 4 is 33.8 Å². The lowest BCUT2D eigenvalue weighted by molar-refractivity contribution is 0.0652. The highest BCUT2D eigenvalue weighted by Crippen LogP contribution is 2.27. The van der Waals surface area contributed by atoms with Crippen molar-refractivity contribution in [2.24, 2.45) is 0 Å². The van der Waals surface area contributed by atoms with E-state index in [2.05, 4.69) is 15.2 Å². The van der Waals surface area contributed by atoms with Gasteiger partial charge in [-0.25, -0.2) is 4.98 Å². The van der Waals surface area contributed by atoms with E-state index in [1.165, 1.54) is 16.2 Å². The number of benzene rings is 1. The Balaban J connectivity index is 1.23. The highest BCUT2D eigenvalue weighted by Gasteiger charge is 2.34. The van der Waals surface area contributed by atoms with Gasteiger partial charge in [-0.2, -0.15) is 9.61 Å². The molecule has 0 aliphatic carbocycles. The second-order valence-corrected chi connectivity index (χ2v) is 8.64. The predicted molar refractivity (Wildman–Crippen MR) is 118 cm³/mol. The molecule has 0 unspecified atom stereocenters. The summed E-state index contributed by atoms with van der Waals surface area (Å²) in [6, 6.07) is 12.8. The van der Waals surface area contributed by atoms with E-state index in [1.807, 2.05) is 35.7 Å². The Kier molecular flexibility index (Phi) is 4.15. The minimum absolute atomic E-state index is 0.228. The first-order valence-corrected chi connectivity index (χ1v) is 11.0. The fourth-order valence-electron chi connectivity index (χ4n) is 4.12. The van der Waals surface area contributed by atoms with Crippen LogP contribution in [0.4, 0.5) is 0 Å². The Morgan fingerprint density at radius 3 is 2.50 bits per heavy atom. The quantitative estimate of drug-likeness (QED) is 0.387. The molecular weight excluding hydrogens is 426 g/mol. The summed E-state index contributed by atoms with van der Waals surface area (Å²) in [7, 11) is 0. The molecule has 5 aromatic rings. The molecule has 0 bridgehead atoms. The molecule has 32 heavy (non-hydrogen) atoms. The molecule has 10 heteroatoms. The fraction of sp³-hybridized carbons (Fsp3) is 0.182. The molecule has 6 rings (SSSR count). The zero-order chi connectivity index (χ0) is 21.8. The average molecular weight is 443 g/mol. The highest BCUT2D eigenvalue weighted by molar-refractivity contribution is 7.16. The number of amides is 2. The van der Waals surface area contributed by atoms with E-state index in [0.29, 0.717) is 41.3 Å². The van der Waals surface area contributed by atoms with Crippen molar-refractivity contribution in [1.29, 1.82) is 0 Å². The molecule has 9 nitrogen and oxygen atoms in total. The molecule has 0 saturated heterocycles. The second-order valence-electron chi connectivity index (χ2n) is 7.60. The number of imidazole rings is 1. The van der Waals surface area contributed by atoms with Crippen LogP contribution in [0.1, 0.15) is 37.8 Å². The molecule has 1 aromatic carbocycles. The summed E-state index contributed by atoms with van der Waals surface area (Å²) in [6.07, 6.45) is 3.20. The van der Waals surface area contributed by atoms with Gasteiger partial charge in [0.2, 0.25) is 10.8 Å². The third-order valence-electron chi connectivity index (χ3n) is 5.60. The summed E-state index contributed by atoms with van der Waals surface area (Å²) in [4.78, 5) is 31.7. The Hall–Kier alpha value is -3.92. The van der Waals surface area contributed by atoms with E-state index in [0.717, 1.165) is 22.0 Å². The maximum atomic E-state index is 12.5. The largest absolute Gasteiger partial charge is 0.297 e. The van der Waals surface area contributed by atoms with Gasteiger partial charge < -0.3 is 0 Å². The van der Waals surface area contributed by atoms with Crippen molar-refractivity contribution in [3.8, 4) is 11.5 Å². The van der Waals surface area contributed by atoms with Gasteiger partial charge in [-0.15, -0.1) is 10.2 Å². The van der Waals surface area contributed by atoms with Crippen LogP contribution in [0.2, 0.25) is 0 Å². The number of aromatic nitrogens is 6. The molecular formula is C22H17N7O2S. The van der Waals surface area contributed by atoms with E-state index >= 15 is 0 Å². The molecule has 2 amide bonds. The monoisotopic (exact) mass is 443 g/mol. The standard InChI is InChI=1S/C22H17N7O2S/c1-13-18(27-11-5-4-9-16(27)23-13)19-24-25-22-29(19)26-17(32-22)10-6-12-28-20(30)14-7-2-3-8-15(14)21(28)31/h2-5,7-9,11H,6,10,12H2,1H3. The number of pyridine rings is 1. The van der Waals surface area contributed by atoms with Crippen molar-refractivity contribution in [3.63, 3.8) is 0 Å². The molecule has 4 aromatic heterocycles. The molecule has 0 fully saturated rings. The normalized spacial score (nSPS) is 13.6. The van der Waals surface area contributed by atoms with Crippen LogP contribution in [-0.4, -0.2) is 52.5 Å². The number of carbonyl (C=O) groups excluding carboxylic acids is 2. The third-order valence-corrected chi connectivity index (χ3v) is 6.56. The first kappa shape index (κ1) is 18.8. The first-order chi connectivity index (χ1) is 15.6. The lowest BCUT2D eigenvalue weighted by Crippen LogP contribution is -2.30. The molecule has 0 spiro atoms. The van der Waals surface area contributed by atoms with Crippen LogP contribution in [0.5, 0.6) is 0 Å². The predicted octanol–water partition coefficient (Wildman–Crippen LogP) is 3.04. The summed E-state index contributed by atoms with van der Waals surface area (Å²) < 4.78 is 3.72. The summed E-state index contributed by atoms with van der Waals surface area (Å²) in [5.74, 6) is 0.183. The van der Waals surface area contributed by atoms with Crippen molar-refractivity contribution in [2.75, 3.05) is 6.54 Å². The second kappa shape index (κ2) is 7.06. The van der Waals surface area contributed by atoms with Gasteiger partial charge in [-0.3, -0.25) is 18.9 Å². The Morgan fingerprint density at radius 2 is 1.72 bits per heavy atom. The van der Waals surface area contributed by atoms with Gasteiger partial charge in [-0.05, 0) is 37.6 Å². The van der Waals surface area contributed by atoms with Gasteiger partial charge in [0.05, 0.1) is 16.8 Å². The van der Waals surface area contributed by atoms with Crippen LogP contribution < -0.4 is 0 Å². The van der Waals surface area contributed by atoms with Gasteiger partial charge in [0.25, 0.3) is 11.8 Å². The molecule has 0 atom stereocenters. The van der Waals surface area contributed by atoms with Gasteiger partial charge in [0.15, 0.2) is 0 Å². The minimum atomic E-state index is -0.228. The molecule has 0 N–H and O–H groups in total. The molecule has 1 aliphatic heterocycles. The van der Waals surface area contributed by atoms with Crippen LogP contribution in [0.25, 0.3) is 22.1 Å². The lowest BCUT2D eigenvalue weighted by atomic mass is 10.1. The maximum Gasteiger partial charge on any atom is 0.261 e. The van der Waals surface area contributed by atoms with Crippen molar-refractivity contribution < 1.29 is 9.59 Å². The topological polar surface area (TPSA) is 97.8 Å². The smallest absolute Gasteiger partial charge is 0.261 e. The van der Waals surface area contributed by atoms with E-state index in [4.69, 9.17) is 5.10 Å². The summed E-state index contributed by atoms with van der Waals surface area (Å²) in [5, 5.41) is 14.2. The highest BCUT2D eigenvalue weighted by atomic mass is 32.1. The number of aryl methyl sites for hydroxylation is 2. The van der Waals surface area contributed by atoms with E-state index < -0.39 is 0 Å². The average Bonchev–Trinajstić information content (AvgIpc) is 3.52. The number of hydrogen-bond donors (Lipinski definition) is 0. The maximum absolute atomic E-state index is 12.5. The van der Waals surface area contributed by atoms with E-state index in [1.54, 1.807) is 28.8 Å². The minimum Gasteiger partial charge on any atom is -0.297 e. The number of carbonyl (C=O) groups is 2. The van der Waals surface area contributed by atoms with Crippen molar-refractivity contribution in [1.82, 2.24) is 34.1 Å². The van der Waals surface area contributed by atoms with Gasteiger partial charge in [0, 0.05) is 19.2 Å². The van der Waals surface area contributed by atoms with Crippen LogP contribution in [0.15, 0.2) is 48.7 Å². The third kappa shape index (κ3) is 2.76. The summed E-state index contributed by atoms with van der Waals surface area (Å²) in [6.45, 7) is 2.30. The first-order valence-electron chi connectivity index (χ1n) is 10.2. The SMILES string of the molecule is Cc1nc2ccccn2c1-c1nnc2sc(CCCN3C(=O)c4ccccc4C3=O)nn12. The zero-order valence-corrected chi connectivity index (χ0v) is 17.9. The van der Waals surface area contributed by atoms with Gasteiger partial charge >= 0.3 is 0 Å². The Labute approximate surface area is 186 Å². The summed E-state index contributed by atoms with van der Waals surface area (Å²) in [5.41, 5.74) is 3.50. The molecule has 0 saturated carbocycles. The zero-order valence-electron chi connectivity index (χ0n) is 17.1. The van der Waals surface area contributed by atoms with Crippen LogP contribution in [-0.2, 0) is 6.42 Å². The molecule has 0 radical (unpaired) electrons. The summed E-state index contributed by atoms with van der Waals surface area (Å²) >= 11 is 1.46. The van der Waals surface area contributed by atoms with Crippen LogP contribution >= 0.6 is 11.3 Å². The molecule has 5 heterocycles. The van der Waals surface area contributed by atoms with Gasteiger partial charge in [-0.1, -0.05) is 29.5 Å². The van der Waals surface area contributed by atoms with E-state index in [-0.39, 0.29) is 11.8 Å². The Bertz CT molecular complexity index is 1490. The molecule has 158 valence electrons. The number of nitrogens with zero attached hydrogens (tertiary/aromatic N) is 7.